The third kappa shape index (κ3) is 2.96. The van der Waals surface area contributed by atoms with Crippen molar-refractivity contribution in [3.05, 3.63) is 35.9 Å². The van der Waals surface area contributed by atoms with Gasteiger partial charge in [-0.15, -0.1) is 0 Å². The molecule has 4 nitrogen and oxygen atoms in total. The van der Waals surface area contributed by atoms with Gasteiger partial charge in [0.1, 0.15) is 5.54 Å². The van der Waals surface area contributed by atoms with E-state index in [1.807, 2.05) is 35.2 Å². The minimum absolute atomic E-state index is 0.00250. The van der Waals surface area contributed by atoms with Gasteiger partial charge in [-0.25, -0.2) is 0 Å². The SMILES string of the molecule is COCC1CCN(C(=O)C(C)(N)c2ccccc2)C1. The molecule has 0 radical (unpaired) electrons. The number of nitrogens with zero attached hydrogens (tertiary/aromatic N) is 1. The number of carbonyl (C=O) groups excluding carboxylic acids is 1. The summed E-state index contributed by atoms with van der Waals surface area (Å²) in [6.45, 7) is 4.00. The molecule has 1 saturated heterocycles. The first-order valence-corrected chi connectivity index (χ1v) is 6.68. The lowest BCUT2D eigenvalue weighted by Gasteiger charge is -2.29. The Bertz CT molecular complexity index is 431. The number of carbonyl (C=O) groups is 1. The molecule has 2 atom stereocenters. The van der Waals surface area contributed by atoms with E-state index in [1.165, 1.54) is 0 Å². The Balaban J connectivity index is 2.07. The van der Waals surface area contributed by atoms with Crippen LogP contribution < -0.4 is 5.73 Å². The van der Waals surface area contributed by atoms with Crippen LogP contribution in [0.25, 0.3) is 0 Å². The van der Waals surface area contributed by atoms with Crippen molar-refractivity contribution in [3.8, 4) is 0 Å². The van der Waals surface area contributed by atoms with Crippen LogP contribution in [-0.2, 0) is 15.1 Å². The molecular formula is C15H22N2O2. The number of methoxy groups -OCH3 is 1. The first-order chi connectivity index (χ1) is 9.05. The van der Waals surface area contributed by atoms with Gasteiger partial charge in [-0.05, 0) is 18.9 Å². The number of rotatable bonds is 4. The molecule has 1 heterocycles. The minimum atomic E-state index is -0.955. The molecule has 2 unspecified atom stereocenters. The molecule has 4 heteroatoms. The standard InChI is InChI=1S/C15H22N2O2/c1-15(16,13-6-4-3-5-7-13)14(18)17-9-8-12(10-17)11-19-2/h3-7,12H,8-11,16H2,1-2H3. The smallest absolute Gasteiger partial charge is 0.246 e. The number of ether oxygens (including phenoxy) is 1. The largest absolute Gasteiger partial charge is 0.384 e. The summed E-state index contributed by atoms with van der Waals surface area (Å²) in [5.41, 5.74) is 6.16. The monoisotopic (exact) mass is 262 g/mol. The normalized spacial score (nSPS) is 22.3. The summed E-state index contributed by atoms with van der Waals surface area (Å²) in [6, 6.07) is 9.55. The second-order valence-electron chi connectivity index (χ2n) is 5.43. The van der Waals surface area contributed by atoms with Crippen LogP contribution in [0.3, 0.4) is 0 Å². The van der Waals surface area contributed by atoms with Crippen molar-refractivity contribution in [1.82, 2.24) is 4.90 Å². The van der Waals surface area contributed by atoms with Crippen LogP contribution in [0, 0.1) is 5.92 Å². The number of benzene rings is 1. The van der Waals surface area contributed by atoms with Gasteiger partial charge >= 0.3 is 0 Å². The highest BCUT2D eigenvalue weighted by Gasteiger charge is 2.37. The second-order valence-corrected chi connectivity index (χ2v) is 5.43. The van der Waals surface area contributed by atoms with Gasteiger partial charge in [0, 0.05) is 26.1 Å². The van der Waals surface area contributed by atoms with Crippen molar-refractivity contribution in [2.45, 2.75) is 18.9 Å². The van der Waals surface area contributed by atoms with E-state index in [4.69, 9.17) is 10.5 Å². The quantitative estimate of drug-likeness (QED) is 0.891. The highest BCUT2D eigenvalue weighted by molar-refractivity contribution is 5.87. The summed E-state index contributed by atoms with van der Waals surface area (Å²) < 4.78 is 5.15. The summed E-state index contributed by atoms with van der Waals surface area (Å²) in [4.78, 5) is 14.4. The molecule has 1 aliphatic heterocycles. The average Bonchev–Trinajstić information content (AvgIpc) is 2.88. The zero-order chi connectivity index (χ0) is 13.9. The molecule has 0 spiro atoms. The average molecular weight is 262 g/mol. The minimum Gasteiger partial charge on any atom is -0.384 e. The van der Waals surface area contributed by atoms with Crippen molar-refractivity contribution in [1.29, 1.82) is 0 Å². The third-order valence-electron chi connectivity index (χ3n) is 3.79. The first-order valence-electron chi connectivity index (χ1n) is 6.68. The summed E-state index contributed by atoms with van der Waals surface area (Å²) >= 11 is 0. The van der Waals surface area contributed by atoms with E-state index in [9.17, 15) is 4.79 Å². The van der Waals surface area contributed by atoms with Crippen LogP contribution in [0.4, 0.5) is 0 Å². The van der Waals surface area contributed by atoms with Gasteiger partial charge in [0.15, 0.2) is 0 Å². The molecule has 2 rings (SSSR count). The molecule has 1 aromatic rings. The number of likely N-dealkylation sites (tertiary alicyclic amines) is 1. The fourth-order valence-electron chi connectivity index (χ4n) is 2.63. The maximum Gasteiger partial charge on any atom is 0.246 e. The van der Waals surface area contributed by atoms with E-state index >= 15 is 0 Å². The molecule has 1 aliphatic rings. The van der Waals surface area contributed by atoms with Crippen LogP contribution in [0.2, 0.25) is 0 Å². The van der Waals surface area contributed by atoms with Gasteiger partial charge in [-0.1, -0.05) is 30.3 Å². The van der Waals surface area contributed by atoms with E-state index in [2.05, 4.69) is 0 Å². The highest BCUT2D eigenvalue weighted by Crippen LogP contribution is 2.24. The van der Waals surface area contributed by atoms with Crippen molar-refractivity contribution in [2.24, 2.45) is 11.7 Å². The van der Waals surface area contributed by atoms with Gasteiger partial charge < -0.3 is 15.4 Å². The van der Waals surface area contributed by atoms with Gasteiger partial charge in [-0.3, -0.25) is 4.79 Å². The maximum atomic E-state index is 12.6. The van der Waals surface area contributed by atoms with Crippen molar-refractivity contribution in [2.75, 3.05) is 26.8 Å². The van der Waals surface area contributed by atoms with E-state index in [0.717, 1.165) is 25.1 Å². The summed E-state index contributed by atoms with van der Waals surface area (Å²) in [7, 11) is 1.70. The molecule has 0 aromatic heterocycles. The van der Waals surface area contributed by atoms with E-state index in [0.29, 0.717) is 12.5 Å². The molecule has 0 aliphatic carbocycles. The highest BCUT2D eigenvalue weighted by atomic mass is 16.5. The lowest BCUT2D eigenvalue weighted by molar-refractivity contribution is -0.135. The fraction of sp³-hybridized carbons (Fsp3) is 0.533. The van der Waals surface area contributed by atoms with Crippen LogP contribution in [0.1, 0.15) is 18.9 Å². The van der Waals surface area contributed by atoms with E-state index in [1.54, 1.807) is 14.0 Å². The number of nitrogens with two attached hydrogens (primary N) is 1. The number of hydrogen-bond acceptors (Lipinski definition) is 3. The molecule has 2 N–H and O–H groups in total. The zero-order valence-corrected chi connectivity index (χ0v) is 11.6. The Morgan fingerprint density at radius 1 is 1.47 bits per heavy atom. The Hall–Kier alpha value is -1.39. The number of hydrogen-bond donors (Lipinski definition) is 1. The van der Waals surface area contributed by atoms with Crippen LogP contribution in [0.15, 0.2) is 30.3 Å². The Morgan fingerprint density at radius 3 is 2.79 bits per heavy atom. The lowest BCUT2D eigenvalue weighted by atomic mass is 9.92. The fourth-order valence-corrected chi connectivity index (χ4v) is 2.63. The van der Waals surface area contributed by atoms with Crippen LogP contribution in [-0.4, -0.2) is 37.6 Å². The summed E-state index contributed by atoms with van der Waals surface area (Å²) in [5.74, 6) is 0.429. The molecule has 0 saturated carbocycles. The van der Waals surface area contributed by atoms with E-state index < -0.39 is 5.54 Å². The van der Waals surface area contributed by atoms with E-state index in [-0.39, 0.29) is 5.91 Å². The van der Waals surface area contributed by atoms with Gasteiger partial charge in [0.2, 0.25) is 5.91 Å². The third-order valence-corrected chi connectivity index (χ3v) is 3.79. The molecule has 1 fully saturated rings. The van der Waals surface area contributed by atoms with Gasteiger partial charge in [0.05, 0.1) is 6.61 Å². The molecule has 104 valence electrons. The Morgan fingerprint density at radius 2 is 2.16 bits per heavy atom. The Kier molecular flexibility index (Phi) is 4.22. The zero-order valence-electron chi connectivity index (χ0n) is 11.6. The summed E-state index contributed by atoms with van der Waals surface area (Å²) in [6.07, 6.45) is 0.991. The van der Waals surface area contributed by atoms with Gasteiger partial charge in [-0.2, -0.15) is 0 Å². The lowest BCUT2D eigenvalue weighted by Crippen LogP contribution is -2.50. The van der Waals surface area contributed by atoms with Crippen molar-refractivity contribution >= 4 is 5.91 Å². The van der Waals surface area contributed by atoms with Crippen LogP contribution >= 0.6 is 0 Å². The Labute approximate surface area is 114 Å². The van der Waals surface area contributed by atoms with Crippen molar-refractivity contribution in [3.63, 3.8) is 0 Å². The summed E-state index contributed by atoms with van der Waals surface area (Å²) in [5, 5.41) is 0. The maximum absolute atomic E-state index is 12.6. The molecule has 19 heavy (non-hydrogen) atoms. The molecule has 0 bridgehead atoms. The second kappa shape index (κ2) is 5.72. The first kappa shape index (κ1) is 14.0. The topological polar surface area (TPSA) is 55.6 Å². The van der Waals surface area contributed by atoms with Crippen LogP contribution in [0.5, 0.6) is 0 Å². The molecular weight excluding hydrogens is 240 g/mol. The predicted octanol–water partition coefficient (Wildman–Crippen LogP) is 1.36. The predicted molar refractivity (Wildman–Crippen MR) is 74.5 cm³/mol. The molecule has 1 aromatic carbocycles. The van der Waals surface area contributed by atoms with Gasteiger partial charge in [0.25, 0.3) is 0 Å². The molecule has 1 amide bonds. The number of amides is 1. The van der Waals surface area contributed by atoms with Crippen molar-refractivity contribution < 1.29 is 9.53 Å².